The van der Waals surface area contributed by atoms with Gasteiger partial charge in [-0.05, 0) is 52.6 Å². The van der Waals surface area contributed by atoms with Gasteiger partial charge in [-0.3, -0.25) is 0 Å². The quantitative estimate of drug-likeness (QED) is 0.182. The van der Waals surface area contributed by atoms with Gasteiger partial charge in [0.1, 0.15) is 0 Å². The monoisotopic (exact) mass is 673 g/mol. The van der Waals surface area contributed by atoms with Crippen LogP contribution in [0.5, 0.6) is 0 Å². The third kappa shape index (κ3) is 4.90. The maximum absolute atomic E-state index is 5.00. The number of nitrogens with zero attached hydrogens (tertiary/aromatic N) is 3. The van der Waals surface area contributed by atoms with Gasteiger partial charge in [0.25, 0.3) is 0 Å². The smallest absolute Gasteiger partial charge is 0.164 e. The Labute approximate surface area is 296 Å². The van der Waals surface area contributed by atoms with Crippen LogP contribution in [0.25, 0.3) is 96.8 Å². The van der Waals surface area contributed by atoms with E-state index >= 15 is 0 Å². The van der Waals surface area contributed by atoms with Crippen molar-refractivity contribution in [1.29, 1.82) is 0 Å². The predicted octanol–water partition coefficient (Wildman–Crippen LogP) is 12.9. The largest absolute Gasteiger partial charge is 0.208 e. The van der Waals surface area contributed by atoms with Crippen molar-refractivity contribution < 1.29 is 0 Å². The van der Waals surface area contributed by atoms with Gasteiger partial charge in [-0.1, -0.05) is 133 Å². The molecule has 0 atom stereocenters. The second-order valence-corrected chi connectivity index (χ2v) is 14.6. The van der Waals surface area contributed by atoms with Crippen molar-refractivity contribution in [2.45, 2.75) is 0 Å². The summed E-state index contributed by atoms with van der Waals surface area (Å²) < 4.78 is 5.08. The lowest BCUT2D eigenvalue weighted by Crippen LogP contribution is -1.99. The topological polar surface area (TPSA) is 38.7 Å². The van der Waals surface area contributed by atoms with E-state index in [-0.39, 0.29) is 0 Å². The Hall–Kier alpha value is -6.01. The van der Waals surface area contributed by atoms with Crippen LogP contribution in [-0.2, 0) is 0 Å². The standard InChI is InChI=1S/C45H27N3S2/c1-4-13-28(14-5-1)32-25-36(42-34-19-10-11-21-37(34)49-40(42)27-32)33-20-12-22-38-41(33)35-24-23-31(26-39(35)50-38)45-47-43(29-15-6-2-7-16-29)46-44(48-45)30-17-8-3-9-18-30/h1-27H. The van der Waals surface area contributed by atoms with Gasteiger partial charge in [0, 0.05) is 57.0 Å². The third-order valence-corrected chi connectivity index (χ3v) is 11.6. The SMILES string of the molecule is c1ccc(-c2cc(-c3cccc4sc5cc(-c6nc(-c7ccccc7)nc(-c7ccccc7)n6)ccc5c34)c3c(c2)sc2ccccc23)cc1. The molecule has 0 bridgehead atoms. The lowest BCUT2D eigenvalue weighted by atomic mass is 9.92. The molecule has 3 heterocycles. The van der Waals surface area contributed by atoms with Crippen molar-refractivity contribution in [3.05, 3.63) is 164 Å². The molecule has 0 saturated heterocycles. The second kappa shape index (κ2) is 11.8. The van der Waals surface area contributed by atoms with Crippen molar-refractivity contribution >= 4 is 63.0 Å². The Morgan fingerprint density at radius 3 is 1.52 bits per heavy atom. The van der Waals surface area contributed by atoms with Crippen molar-refractivity contribution in [3.8, 4) is 56.4 Å². The molecule has 50 heavy (non-hydrogen) atoms. The summed E-state index contributed by atoms with van der Waals surface area (Å²) in [6.07, 6.45) is 0. The highest BCUT2D eigenvalue weighted by Crippen LogP contribution is 2.47. The first-order valence-corrected chi connectivity index (χ1v) is 18.2. The Bertz CT molecular complexity index is 2800. The second-order valence-electron chi connectivity index (χ2n) is 12.4. The molecule has 3 nitrogen and oxygen atoms in total. The first-order valence-electron chi connectivity index (χ1n) is 16.6. The molecular formula is C45H27N3S2. The molecular weight excluding hydrogens is 647 g/mol. The number of rotatable bonds is 5. The zero-order chi connectivity index (χ0) is 33.0. The summed E-state index contributed by atoms with van der Waals surface area (Å²) in [4.78, 5) is 14.9. The molecule has 0 aliphatic rings. The van der Waals surface area contributed by atoms with Crippen molar-refractivity contribution in [3.63, 3.8) is 0 Å². The Morgan fingerprint density at radius 2 is 0.820 bits per heavy atom. The van der Waals surface area contributed by atoms with Gasteiger partial charge in [0.15, 0.2) is 17.5 Å². The molecule has 5 heteroatoms. The highest BCUT2D eigenvalue weighted by atomic mass is 32.1. The Balaban J connectivity index is 1.18. The van der Waals surface area contributed by atoms with Gasteiger partial charge in [0.2, 0.25) is 0 Å². The van der Waals surface area contributed by atoms with E-state index in [1.165, 1.54) is 62.6 Å². The molecule has 234 valence electrons. The number of hydrogen-bond donors (Lipinski definition) is 0. The van der Waals surface area contributed by atoms with Crippen LogP contribution in [0.15, 0.2) is 164 Å². The fraction of sp³-hybridized carbons (Fsp3) is 0. The van der Waals surface area contributed by atoms with Gasteiger partial charge in [-0.15, -0.1) is 22.7 Å². The maximum atomic E-state index is 5.00. The molecule has 0 aliphatic heterocycles. The molecule has 0 fully saturated rings. The van der Waals surface area contributed by atoms with Crippen molar-refractivity contribution in [1.82, 2.24) is 15.0 Å². The summed E-state index contributed by atoms with van der Waals surface area (Å²) in [6, 6.07) is 58.0. The number of aromatic nitrogens is 3. The van der Waals surface area contributed by atoms with Crippen LogP contribution < -0.4 is 0 Å². The lowest BCUT2D eigenvalue weighted by molar-refractivity contribution is 1.07. The third-order valence-electron chi connectivity index (χ3n) is 9.33. The number of benzene rings is 7. The summed E-state index contributed by atoms with van der Waals surface area (Å²) >= 11 is 3.70. The van der Waals surface area contributed by atoms with E-state index in [4.69, 9.17) is 15.0 Å². The maximum Gasteiger partial charge on any atom is 0.164 e. The minimum atomic E-state index is 0.665. The molecule has 10 rings (SSSR count). The van der Waals surface area contributed by atoms with Gasteiger partial charge in [-0.25, -0.2) is 15.0 Å². The fourth-order valence-corrected chi connectivity index (χ4v) is 9.33. The number of thiophene rings is 2. The molecule has 3 aromatic heterocycles. The van der Waals surface area contributed by atoms with E-state index in [0.29, 0.717) is 17.5 Å². The van der Waals surface area contributed by atoms with Crippen LogP contribution in [0.3, 0.4) is 0 Å². The van der Waals surface area contributed by atoms with Gasteiger partial charge in [0.05, 0.1) is 0 Å². The highest BCUT2D eigenvalue weighted by Gasteiger charge is 2.19. The molecule has 0 aliphatic carbocycles. The average Bonchev–Trinajstić information content (AvgIpc) is 3.76. The summed E-state index contributed by atoms with van der Waals surface area (Å²) in [5.74, 6) is 2.00. The van der Waals surface area contributed by atoms with Gasteiger partial charge in [-0.2, -0.15) is 0 Å². The van der Waals surface area contributed by atoms with Gasteiger partial charge < -0.3 is 0 Å². The molecule has 7 aromatic carbocycles. The molecule has 0 amide bonds. The van der Waals surface area contributed by atoms with Crippen LogP contribution >= 0.6 is 22.7 Å². The normalized spacial score (nSPS) is 11.6. The zero-order valence-corrected chi connectivity index (χ0v) is 28.4. The highest BCUT2D eigenvalue weighted by molar-refractivity contribution is 7.26. The first kappa shape index (κ1) is 29.0. The molecule has 0 N–H and O–H groups in total. The molecule has 10 aromatic rings. The fourth-order valence-electron chi connectivity index (χ4n) is 6.99. The average molecular weight is 674 g/mol. The lowest BCUT2D eigenvalue weighted by Gasteiger charge is -2.11. The molecule has 0 saturated carbocycles. The van der Waals surface area contributed by atoms with E-state index < -0.39 is 0 Å². The minimum Gasteiger partial charge on any atom is -0.208 e. The van der Waals surface area contributed by atoms with E-state index in [9.17, 15) is 0 Å². The van der Waals surface area contributed by atoms with Crippen LogP contribution in [0.1, 0.15) is 0 Å². The summed E-state index contributed by atoms with van der Waals surface area (Å²) in [6.45, 7) is 0. The number of hydrogen-bond acceptors (Lipinski definition) is 5. The molecule has 0 unspecified atom stereocenters. The number of fused-ring (bicyclic) bond motifs is 6. The summed E-state index contributed by atoms with van der Waals surface area (Å²) in [7, 11) is 0. The van der Waals surface area contributed by atoms with Crippen molar-refractivity contribution in [2.75, 3.05) is 0 Å². The van der Waals surface area contributed by atoms with E-state index in [1.807, 2.05) is 83.3 Å². The summed E-state index contributed by atoms with van der Waals surface area (Å²) in [5.41, 5.74) is 7.88. The first-order chi connectivity index (χ1) is 24.8. The van der Waals surface area contributed by atoms with Crippen LogP contribution in [0.2, 0.25) is 0 Å². The van der Waals surface area contributed by atoms with E-state index in [1.54, 1.807) is 0 Å². The zero-order valence-electron chi connectivity index (χ0n) is 26.7. The van der Waals surface area contributed by atoms with E-state index in [2.05, 4.69) is 103 Å². The Kier molecular flexibility index (Phi) is 6.86. The molecule has 0 spiro atoms. The van der Waals surface area contributed by atoms with Crippen LogP contribution in [-0.4, -0.2) is 15.0 Å². The van der Waals surface area contributed by atoms with Crippen molar-refractivity contribution in [2.24, 2.45) is 0 Å². The van der Waals surface area contributed by atoms with E-state index in [0.717, 1.165) is 16.7 Å². The van der Waals surface area contributed by atoms with Crippen LogP contribution in [0.4, 0.5) is 0 Å². The summed E-state index contributed by atoms with van der Waals surface area (Å²) in [5, 5.41) is 5.15. The molecule has 0 radical (unpaired) electrons. The van der Waals surface area contributed by atoms with Gasteiger partial charge >= 0.3 is 0 Å². The Morgan fingerprint density at radius 1 is 0.300 bits per heavy atom. The predicted molar refractivity (Wildman–Crippen MR) is 213 cm³/mol. The minimum absolute atomic E-state index is 0.665. The van der Waals surface area contributed by atoms with Crippen LogP contribution in [0, 0.1) is 0 Å².